The van der Waals surface area contributed by atoms with Crippen LogP contribution in [0.2, 0.25) is 5.02 Å². The monoisotopic (exact) mass is 303 g/mol. The molecule has 3 rings (SSSR count). The van der Waals surface area contributed by atoms with Crippen LogP contribution < -0.4 is 0 Å². The van der Waals surface area contributed by atoms with Crippen molar-refractivity contribution in [3.8, 4) is 0 Å². The van der Waals surface area contributed by atoms with Gasteiger partial charge in [0, 0.05) is 30.0 Å². The molecule has 112 valence electrons. The minimum Gasteiger partial charge on any atom is -0.301 e. The summed E-state index contributed by atoms with van der Waals surface area (Å²) in [6.07, 6.45) is 4.42. The van der Waals surface area contributed by atoms with Gasteiger partial charge in [0.25, 0.3) is 0 Å². The van der Waals surface area contributed by atoms with Crippen molar-refractivity contribution in [3.63, 3.8) is 0 Å². The highest BCUT2D eigenvalue weighted by atomic mass is 35.5. The second kappa shape index (κ2) is 6.63. The molecule has 2 heterocycles. The van der Waals surface area contributed by atoms with E-state index in [4.69, 9.17) is 11.6 Å². The molecule has 0 saturated carbocycles. The van der Waals surface area contributed by atoms with Crippen LogP contribution in [0, 0.1) is 6.92 Å². The SMILES string of the molecule is Cc1ccnn1CCN1CCCC(c2ccc(Cl)cc2)C1. The quantitative estimate of drug-likeness (QED) is 0.858. The summed E-state index contributed by atoms with van der Waals surface area (Å²) in [7, 11) is 0. The van der Waals surface area contributed by atoms with Gasteiger partial charge in [-0.25, -0.2) is 0 Å². The second-order valence-electron chi connectivity index (χ2n) is 5.89. The van der Waals surface area contributed by atoms with E-state index in [1.807, 2.05) is 18.3 Å². The molecule has 0 spiro atoms. The standard InChI is InChI=1S/C17H22ClN3/c1-14-8-9-19-21(14)12-11-20-10-2-3-16(13-20)15-4-6-17(18)7-5-15/h4-9,16H,2-3,10-13H2,1H3. The molecule has 1 saturated heterocycles. The van der Waals surface area contributed by atoms with Gasteiger partial charge in [0.1, 0.15) is 0 Å². The molecule has 1 aliphatic heterocycles. The van der Waals surface area contributed by atoms with Crippen LogP contribution in [0.3, 0.4) is 0 Å². The fourth-order valence-electron chi connectivity index (χ4n) is 3.13. The normalized spacial score (nSPS) is 19.8. The lowest BCUT2D eigenvalue weighted by atomic mass is 9.91. The molecule has 2 aromatic rings. The summed E-state index contributed by atoms with van der Waals surface area (Å²) in [6.45, 7) is 6.50. The van der Waals surface area contributed by atoms with Gasteiger partial charge in [0.15, 0.2) is 0 Å². The van der Waals surface area contributed by atoms with Crippen molar-refractivity contribution in [2.75, 3.05) is 19.6 Å². The van der Waals surface area contributed by atoms with Crippen molar-refractivity contribution in [3.05, 3.63) is 52.8 Å². The Labute approximate surface area is 131 Å². The molecule has 0 aliphatic carbocycles. The number of hydrogen-bond acceptors (Lipinski definition) is 2. The molecule has 0 N–H and O–H groups in total. The average Bonchev–Trinajstić information content (AvgIpc) is 2.91. The lowest BCUT2D eigenvalue weighted by molar-refractivity contribution is 0.198. The highest BCUT2D eigenvalue weighted by Crippen LogP contribution is 2.27. The van der Waals surface area contributed by atoms with E-state index in [0.29, 0.717) is 5.92 Å². The lowest BCUT2D eigenvalue weighted by Gasteiger charge is -2.33. The molecule has 0 bridgehead atoms. The first-order valence-corrected chi connectivity index (χ1v) is 8.06. The van der Waals surface area contributed by atoms with Crippen LogP contribution in [-0.4, -0.2) is 34.3 Å². The number of piperidine rings is 1. The first-order chi connectivity index (χ1) is 10.2. The molecule has 1 unspecified atom stereocenters. The molecular formula is C17H22ClN3. The number of likely N-dealkylation sites (tertiary alicyclic amines) is 1. The van der Waals surface area contributed by atoms with E-state index in [0.717, 1.165) is 24.7 Å². The zero-order valence-electron chi connectivity index (χ0n) is 12.5. The Morgan fingerprint density at radius 1 is 1.19 bits per heavy atom. The van der Waals surface area contributed by atoms with E-state index in [-0.39, 0.29) is 0 Å². The number of nitrogens with zero attached hydrogens (tertiary/aromatic N) is 3. The maximum Gasteiger partial charge on any atom is 0.0539 e. The van der Waals surface area contributed by atoms with Gasteiger partial charge in [-0.15, -0.1) is 0 Å². The van der Waals surface area contributed by atoms with Gasteiger partial charge >= 0.3 is 0 Å². The van der Waals surface area contributed by atoms with Crippen LogP contribution in [0.4, 0.5) is 0 Å². The highest BCUT2D eigenvalue weighted by molar-refractivity contribution is 6.30. The molecule has 1 aliphatic rings. The van der Waals surface area contributed by atoms with Crippen molar-refractivity contribution in [2.24, 2.45) is 0 Å². The van der Waals surface area contributed by atoms with Gasteiger partial charge in [0.05, 0.1) is 6.54 Å². The summed E-state index contributed by atoms with van der Waals surface area (Å²) in [4.78, 5) is 2.56. The number of halogens is 1. The maximum absolute atomic E-state index is 5.98. The van der Waals surface area contributed by atoms with Crippen LogP contribution in [0.25, 0.3) is 0 Å². The summed E-state index contributed by atoms with van der Waals surface area (Å²) in [5.74, 6) is 0.634. The van der Waals surface area contributed by atoms with E-state index in [2.05, 4.69) is 39.8 Å². The van der Waals surface area contributed by atoms with Gasteiger partial charge in [-0.2, -0.15) is 5.10 Å². The van der Waals surface area contributed by atoms with Crippen LogP contribution >= 0.6 is 11.6 Å². The molecule has 1 fully saturated rings. The molecule has 0 amide bonds. The second-order valence-corrected chi connectivity index (χ2v) is 6.32. The van der Waals surface area contributed by atoms with Crippen molar-refractivity contribution in [2.45, 2.75) is 32.2 Å². The van der Waals surface area contributed by atoms with E-state index >= 15 is 0 Å². The molecule has 3 nitrogen and oxygen atoms in total. The minimum absolute atomic E-state index is 0.634. The van der Waals surface area contributed by atoms with Crippen molar-refractivity contribution in [1.29, 1.82) is 0 Å². The summed E-state index contributed by atoms with van der Waals surface area (Å²) in [6, 6.07) is 10.4. The largest absolute Gasteiger partial charge is 0.301 e. The Morgan fingerprint density at radius 3 is 2.71 bits per heavy atom. The number of rotatable bonds is 4. The van der Waals surface area contributed by atoms with Crippen molar-refractivity contribution in [1.82, 2.24) is 14.7 Å². The summed E-state index contributed by atoms with van der Waals surface area (Å²) >= 11 is 5.98. The third-order valence-electron chi connectivity index (χ3n) is 4.40. The Balaban J connectivity index is 1.58. The Hall–Kier alpha value is -1.32. The van der Waals surface area contributed by atoms with Gasteiger partial charge in [-0.1, -0.05) is 23.7 Å². The lowest BCUT2D eigenvalue weighted by Crippen LogP contribution is -2.36. The zero-order valence-corrected chi connectivity index (χ0v) is 13.3. The third-order valence-corrected chi connectivity index (χ3v) is 4.66. The average molecular weight is 304 g/mol. The van der Waals surface area contributed by atoms with Gasteiger partial charge in [-0.3, -0.25) is 4.68 Å². The number of hydrogen-bond donors (Lipinski definition) is 0. The van der Waals surface area contributed by atoms with E-state index in [9.17, 15) is 0 Å². The van der Waals surface area contributed by atoms with E-state index in [1.54, 1.807) is 0 Å². The molecule has 21 heavy (non-hydrogen) atoms. The van der Waals surface area contributed by atoms with Crippen molar-refractivity contribution >= 4 is 11.6 Å². The molecule has 0 radical (unpaired) electrons. The van der Waals surface area contributed by atoms with Crippen LogP contribution in [0.15, 0.2) is 36.5 Å². The van der Waals surface area contributed by atoms with E-state index < -0.39 is 0 Å². The topological polar surface area (TPSA) is 21.1 Å². The van der Waals surface area contributed by atoms with E-state index in [1.165, 1.54) is 30.6 Å². The molecule has 1 aromatic carbocycles. The Kier molecular flexibility index (Phi) is 4.61. The fourth-order valence-corrected chi connectivity index (χ4v) is 3.26. The van der Waals surface area contributed by atoms with Crippen molar-refractivity contribution < 1.29 is 0 Å². The maximum atomic E-state index is 5.98. The minimum atomic E-state index is 0.634. The Bertz CT molecular complexity index is 576. The molecule has 4 heteroatoms. The summed E-state index contributed by atoms with van der Waals surface area (Å²) < 4.78 is 2.09. The van der Waals surface area contributed by atoms with Gasteiger partial charge in [-0.05, 0) is 56.0 Å². The zero-order chi connectivity index (χ0) is 14.7. The summed E-state index contributed by atoms with van der Waals surface area (Å²) in [5.41, 5.74) is 2.65. The predicted octanol–water partition coefficient (Wildman–Crippen LogP) is 3.72. The molecule has 1 aromatic heterocycles. The number of aromatic nitrogens is 2. The number of benzene rings is 1. The third kappa shape index (κ3) is 3.66. The van der Waals surface area contributed by atoms with Crippen LogP contribution in [-0.2, 0) is 6.54 Å². The van der Waals surface area contributed by atoms with Gasteiger partial charge in [0.2, 0.25) is 0 Å². The summed E-state index contributed by atoms with van der Waals surface area (Å²) in [5, 5.41) is 5.18. The first kappa shape index (κ1) is 14.6. The highest BCUT2D eigenvalue weighted by Gasteiger charge is 2.21. The fraction of sp³-hybridized carbons (Fsp3) is 0.471. The number of aryl methyl sites for hydroxylation is 1. The first-order valence-electron chi connectivity index (χ1n) is 7.68. The molecule has 1 atom stereocenters. The molecular weight excluding hydrogens is 282 g/mol. The smallest absolute Gasteiger partial charge is 0.0539 e. The van der Waals surface area contributed by atoms with Crippen LogP contribution in [0.5, 0.6) is 0 Å². The van der Waals surface area contributed by atoms with Crippen LogP contribution in [0.1, 0.15) is 30.0 Å². The Morgan fingerprint density at radius 2 is 2.00 bits per heavy atom. The predicted molar refractivity (Wildman–Crippen MR) is 86.8 cm³/mol. The van der Waals surface area contributed by atoms with Gasteiger partial charge < -0.3 is 4.90 Å².